The van der Waals surface area contributed by atoms with E-state index < -0.39 is 17.7 Å². The van der Waals surface area contributed by atoms with Crippen molar-refractivity contribution in [3.63, 3.8) is 0 Å². The van der Waals surface area contributed by atoms with Crippen LogP contribution in [0, 0.1) is 0 Å². The van der Waals surface area contributed by atoms with Crippen molar-refractivity contribution in [2.75, 3.05) is 32.2 Å². The lowest BCUT2D eigenvalue weighted by Crippen LogP contribution is -2.48. The molecule has 37 heavy (non-hydrogen) atoms. The molecule has 0 spiro atoms. The molecule has 2 rings (SSSR count). The van der Waals surface area contributed by atoms with Gasteiger partial charge in [-0.15, -0.1) is 0 Å². The molecule has 196 valence electrons. The molecule has 0 aliphatic heterocycles. The molecule has 1 N–H and O–H groups in total. The second kappa shape index (κ2) is 14.0. The molecule has 2 aromatic rings. The predicted octanol–water partition coefficient (Wildman–Crippen LogP) is 6.07. The first kappa shape index (κ1) is 29.4. The zero-order chi connectivity index (χ0) is 27.4. The summed E-state index contributed by atoms with van der Waals surface area (Å²) in [7, 11) is 3.07. The number of ether oxygens (including phenoxy) is 1. The second-order valence-electron chi connectivity index (χ2n) is 7.96. The third kappa shape index (κ3) is 9.28. The molecule has 2 aromatic carbocycles. The standard InChI is InChI=1S/C27H31F2N4O3P/c1-5-6-8-20(2)18-33(25(34)30-3)26(35)32(16-15-21-11-13-24(36-4)14-12-21)19-31-23-10-7-9-22(17-23)27(28,29)37/h5-14,17,31H,1-3,15-16,18-19,37H2,4H3/b8-6-. The van der Waals surface area contributed by atoms with Gasteiger partial charge in [0.2, 0.25) is 0 Å². The van der Waals surface area contributed by atoms with Crippen molar-refractivity contribution in [1.29, 1.82) is 0 Å². The number of methoxy groups -OCH3 is 1. The number of aliphatic imine (C=N–C) groups is 1. The van der Waals surface area contributed by atoms with Crippen LogP contribution >= 0.6 is 9.24 Å². The Hall–Kier alpha value is -3.84. The Balaban J connectivity index is 2.28. The summed E-state index contributed by atoms with van der Waals surface area (Å²) in [5.74, 6) is 0.698. The molecule has 0 radical (unpaired) electrons. The number of hydrogen-bond acceptors (Lipinski definition) is 4. The fraction of sp³-hybridized carbons (Fsp3) is 0.222. The second-order valence-corrected chi connectivity index (χ2v) is 8.69. The van der Waals surface area contributed by atoms with Gasteiger partial charge in [-0.1, -0.05) is 64.9 Å². The maximum Gasteiger partial charge on any atom is 0.351 e. The van der Waals surface area contributed by atoms with Crippen molar-refractivity contribution in [2.24, 2.45) is 4.99 Å². The highest BCUT2D eigenvalue weighted by Gasteiger charge is 2.27. The largest absolute Gasteiger partial charge is 0.497 e. The normalized spacial score (nSPS) is 11.0. The average molecular weight is 529 g/mol. The van der Waals surface area contributed by atoms with Crippen molar-refractivity contribution >= 4 is 33.7 Å². The van der Waals surface area contributed by atoms with Crippen LogP contribution in [0.1, 0.15) is 11.1 Å². The van der Waals surface area contributed by atoms with Crippen LogP contribution < -0.4 is 10.1 Å². The van der Waals surface area contributed by atoms with Crippen LogP contribution in [-0.2, 0) is 12.1 Å². The average Bonchev–Trinajstić information content (AvgIpc) is 2.89. The molecule has 0 aliphatic rings. The van der Waals surface area contributed by atoms with Gasteiger partial charge in [-0.05, 0) is 48.5 Å². The van der Waals surface area contributed by atoms with E-state index in [0.29, 0.717) is 23.4 Å². The lowest BCUT2D eigenvalue weighted by atomic mass is 10.1. The molecule has 0 fully saturated rings. The van der Waals surface area contributed by atoms with Gasteiger partial charge in [-0.25, -0.2) is 19.5 Å². The van der Waals surface area contributed by atoms with E-state index >= 15 is 0 Å². The van der Waals surface area contributed by atoms with E-state index in [2.05, 4.69) is 30.2 Å². The fourth-order valence-corrected chi connectivity index (χ4v) is 3.43. The Bertz CT molecular complexity index is 1150. The number of imide groups is 1. The number of urea groups is 2. The number of alkyl halides is 2. The van der Waals surface area contributed by atoms with E-state index in [1.165, 1.54) is 32.3 Å². The van der Waals surface area contributed by atoms with E-state index in [1.54, 1.807) is 31.4 Å². The Kier molecular flexibility index (Phi) is 11.2. The van der Waals surface area contributed by atoms with Crippen LogP contribution in [0.2, 0.25) is 0 Å². The van der Waals surface area contributed by atoms with Gasteiger partial charge < -0.3 is 15.0 Å². The van der Waals surface area contributed by atoms with Gasteiger partial charge in [0.05, 0.1) is 20.3 Å². The molecule has 0 aromatic heterocycles. The summed E-state index contributed by atoms with van der Waals surface area (Å²) in [5.41, 5.74) is -1.50. The third-order valence-electron chi connectivity index (χ3n) is 5.25. The molecule has 1 unspecified atom stereocenters. The number of anilines is 1. The van der Waals surface area contributed by atoms with Crippen LogP contribution in [0.15, 0.2) is 90.5 Å². The van der Waals surface area contributed by atoms with Gasteiger partial charge in [-0.2, -0.15) is 8.78 Å². The summed E-state index contributed by atoms with van der Waals surface area (Å²) in [4.78, 5) is 31.7. The number of rotatable bonds is 12. The number of nitrogens with one attached hydrogen (secondary N) is 1. The smallest absolute Gasteiger partial charge is 0.351 e. The lowest BCUT2D eigenvalue weighted by Gasteiger charge is -2.29. The molecular weight excluding hydrogens is 497 g/mol. The van der Waals surface area contributed by atoms with Crippen molar-refractivity contribution in [2.45, 2.75) is 12.1 Å². The number of amides is 4. The first-order valence-electron chi connectivity index (χ1n) is 11.3. The summed E-state index contributed by atoms with van der Waals surface area (Å²) >= 11 is 0. The van der Waals surface area contributed by atoms with Crippen molar-refractivity contribution in [1.82, 2.24) is 9.80 Å². The topological polar surface area (TPSA) is 74.2 Å². The fourth-order valence-electron chi connectivity index (χ4n) is 3.25. The van der Waals surface area contributed by atoms with Crippen LogP contribution in [0.4, 0.5) is 24.1 Å². The Morgan fingerprint density at radius 3 is 2.51 bits per heavy atom. The molecular formula is C27H31F2N4O3P. The number of nitrogens with zero attached hydrogens (tertiary/aromatic N) is 3. The quantitative estimate of drug-likeness (QED) is 0.157. The van der Waals surface area contributed by atoms with E-state index in [1.807, 2.05) is 24.3 Å². The van der Waals surface area contributed by atoms with Crippen molar-refractivity contribution in [3.05, 3.63) is 96.6 Å². The van der Waals surface area contributed by atoms with Gasteiger partial charge in [0.1, 0.15) is 5.75 Å². The van der Waals surface area contributed by atoms with Gasteiger partial charge >= 0.3 is 12.1 Å². The van der Waals surface area contributed by atoms with Crippen LogP contribution in [-0.4, -0.2) is 55.4 Å². The van der Waals surface area contributed by atoms with E-state index in [0.717, 1.165) is 10.5 Å². The first-order valence-corrected chi connectivity index (χ1v) is 11.8. The predicted molar refractivity (Wildman–Crippen MR) is 147 cm³/mol. The number of carbonyl (C=O) groups is 2. The molecule has 0 bridgehead atoms. The summed E-state index contributed by atoms with van der Waals surface area (Å²) in [5, 5.41) is 3.00. The lowest BCUT2D eigenvalue weighted by molar-refractivity contribution is 0.104. The number of hydrogen-bond donors (Lipinski definition) is 1. The first-order chi connectivity index (χ1) is 17.6. The maximum atomic E-state index is 13.7. The van der Waals surface area contributed by atoms with E-state index in [9.17, 15) is 18.4 Å². The van der Waals surface area contributed by atoms with Gasteiger partial charge in [0, 0.05) is 17.8 Å². The highest BCUT2D eigenvalue weighted by atomic mass is 31.0. The summed E-state index contributed by atoms with van der Waals surface area (Å²) in [6, 6.07) is 11.6. The molecule has 7 nitrogen and oxygen atoms in total. The van der Waals surface area contributed by atoms with Gasteiger partial charge in [0.25, 0.3) is 5.66 Å². The van der Waals surface area contributed by atoms with Gasteiger partial charge in [-0.3, -0.25) is 0 Å². The summed E-state index contributed by atoms with van der Waals surface area (Å²) in [6.45, 7) is 10.7. The monoisotopic (exact) mass is 528 g/mol. The van der Waals surface area contributed by atoms with E-state index in [4.69, 9.17) is 4.74 Å². The Morgan fingerprint density at radius 2 is 1.92 bits per heavy atom. The van der Waals surface area contributed by atoms with Crippen LogP contribution in [0.5, 0.6) is 5.75 Å². The molecule has 4 amide bonds. The summed E-state index contributed by atoms with van der Waals surface area (Å²) < 4.78 is 32.7. The minimum absolute atomic E-state index is 0.0588. The minimum atomic E-state index is -3.10. The number of benzene rings is 2. The summed E-state index contributed by atoms with van der Waals surface area (Å²) in [6.07, 6.45) is 5.26. The zero-order valence-electron chi connectivity index (χ0n) is 20.7. The highest BCUT2D eigenvalue weighted by molar-refractivity contribution is 7.17. The molecule has 10 heteroatoms. The maximum absolute atomic E-state index is 13.7. The molecule has 1 atom stereocenters. The number of allylic oxidation sites excluding steroid dienone is 2. The SMILES string of the molecule is C=C/C=C\C(=C)CN(C(=O)N=C)C(=O)N(CCc1ccc(OC)cc1)CNc1cccc(C(F)(F)P)c1. The number of halogens is 2. The van der Waals surface area contributed by atoms with E-state index in [-0.39, 0.29) is 25.3 Å². The number of carbonyl (C=O) groups excluding carboxylic acids is 2. The molecule has 0 saturated carbocycles. The van der Waals surface area contributed by atoms with Crippen molar-refractivity contribution < 1.29 is 23.1 Å². The van der Waals surface area contributed by atoms with Crippen molar-refractivity contribution in [3.8, 4) is 5.75 Å². The minimum Gasteiger partial charge on any atom is -0.497 e. The Labute approximate surface area is 218 Å². The molecule has 0 saturated heterocycles. The van der Waals surface area contributed by atoms with Gasteiger partial charge in [0.15, 0.2) is 0 Å². The highest BCUT2D eigenvalue weighted by Crippen LogP contribution is 2.35. The molecule has 0 heterocycles. The van der Waals surface area contributed by atoms with Crippen LogP contribution in [0.3, 0.4) is 0 Å². The zero-order valence-corrected chi connectivity index (χ0v) is 21.9. The van der Waals surface area contributed by atoms with Crippen LogP contribution in [0.25, 0.3) is 0 Å². The third-order valence-corrected chi connectivity index (χ3v) is 5.58. The molecule has 0 aliphatic carbocycles. The Morgan fingerprint density at radius 1 is 1.22 bits per heavy atom.